The summed E-state index contributed by atoms with van der Waals surface area (Å²) in [5, 5.41) is 9.02. The van der Waals surface area contributed by atoms with Gasteiger partial charge in [0.2, 0.25) is 0 Å². The van der Waals surface area contributed by atoms with E-state index in [-0.39, 0.29) is 6.61 Å². The van der Waals surface area contributed by atoms with Gasteiger partial charge in [-0.2, -0.15) is 0 Å². The van der Waals surface area contributed by atoms with Crippen LogP contribution < -0.4 is 4.74 Å². The molecule has 0 aliphatic carbocycles. The van der Waals surface area contributed by atoms with Gasteiger partial charge in [0.25, 0.3) is 0 Å². The third-order valence-corrected chi connectivity index (χ3v) is 2.67. The zero-order valence-electron chi connectivity index (χ0n) is 10.4. The number of hydrogen-bond donors (Lipinski definition) is 1. The van der Waals surface area contributed by atoms with Gasteiger partial charge in [0, 0.05) is 6.07 Å². The van der Waals surface area contributed by atoms with Gasteiger partial charge in [-0.15, -0.1) is 0 Å². The molecule has 0 unspecified atom stereocenters. The molecule has 18 heavy (non-hydrogen) atoms. The monoisotopic (exact) mass is 246 g/mol. The van der Waals surface area contributed by atoms with E-state index in [0.29, 0.717) is 17.1 Å². The number of benzene rings is 2. The van der Waals surface area contributed by atoms with Gasteiger partial charge in [-0.05, 0) is 43.2 Å². The van der Waals surface area contributed by atoms with Crippen molar-refractivity contribution in [1.29, 1.82) is 0 Å². The van der Waals surface area contributed by atoms with Gasteiger partial charge in [-0.25, -0.2) is 4.39 Å². The van der Waals surface area contributed by atoms with E-state index in [0.717, 1.165) is 11.1 Å². The van der Waals surface area contributed by atoms with E-state index in [2.05, 4.69) is 0 Å². The summed E-state index contributed by atoms with van der Waals surface area (Å²) in [6, 6.07) is 10.0. The van der Waals surface area contributed by atoms with E-state index < -0.39 is 5.82 Å². The maximum atomic E-state index is 13.3. The predicted molar refractivity (Wildman–Crippen MR) is 68.3 cm³/mol. The van der Waals surface area contributed by atoms with Gasteiger partial charge < -0.3 is 9.84 Å². The summed E-state index contributed by atoms with van der Waals surface area (Å²) in [5.41, 5.74) is 2.63. The van der Waals surface area contributed by atoms with Crippen LogP contribution in [0.5, 0.6) is 11.5 Å². The second-order valence-electron chi connectivity index (χ2n) is 4.32. The molecule has 94 valence electrons. The van der Waals surface area contributed by atoms with Crippen molar-refractivity contribution in [2.24, 2.45) is 0 Å². The summed E-state index contributed by atoms with van der Waals surface area (Å²) in [7, 11) is 0. The Morgan fingerprint density at radius 1 is 1.11 bits per heavy atom. The number of aliphatic hydroxyl groups is 1. The molecule has 0 fully saturated rings. The lowest BCUT2D eigenvalue weighted by Crippen LogP contribution is -1.92. The first-order chi connectivity index (χ1) is 8.58. The molecular formula is C15H15FO2. The lowest BCUT2D eigenvalue weighted by Gasteiger charge is -2.10. The number of hydrogen-bond acceptors (Lipinski definition) is 2. The highest BCUT2D eigenvalue weighted by Crippen LogP contribution is 2.27. The average molecular weight is 246 g/mol. The topological polar surface area (TPSA) is 29.5 Å². The molecule has 0 radical (unpaired) electrons. The van der Waals surface area contributed by atoms with Crippen LogP contribution in [0.3, 0.4) is 0 Å². The van der Waals surface area contributed by atoms with Crippen LogP contribution in [0, 0.1) is 19.7 Å². The molecule has 2 aromatic rings. The lowest BCUT2D eigenvalue weighted by atomic mass is 10.1. The first-order valence-electron chi connectivity index (χ1n) is 5.74. The summed E-state index contributed by atoms with van der Waals surface area (Å²) >= 11 is 0. The van der Waals surface area contributed by atoms with Crippen molar-refractivity contribution >= 4 is 0 Å². The molecule has 2 rings (SSSR count). The van der Waals surface area contributed by atoms with E-state index in [1.165, 1.54) is 12.1 Å². The Morgan fingerprint density at radius 3 is 2.56 bits per heavy atom. The van der Waals surface area contributed by atoms with Crippen LogP contribution in [0.25, 0.3) is 0 Å². The molecule has 2 aromatic carbocycles. The molecule has 0 saturated heterocycles. The second-order valence-corrected chi connectivity index (χ2v) is 4.32. The zero-order valence-corrected chi connectivity index (χ0v) is 10.4. The third kappa shape index (κ3) is 2.87. The van der Waals surface area contributed by atoms with Crippen molar-refractivity contribution in [2.45, 2.75) is 20.5 Å². The molecule has 2 nitrogen and oxygen atoms in total. The van der Waals surface area contributed by atoms with Crippen LogP contribution in [0.4, 0.5) is 4.39 Å². The number of halogens is 1. The number of aryl methyl sites for hydroxylation is 2. The summed E-state index contributed by atoms with van der Waals surface area (Å²) in [6.45, 7) is 3.73. The third-order valence-electron chi connectivity index (χ3n) is 2.67. The Labute approximate surface area is 106 Å². The van der Waals surface area contributed by atoms with Crippen LogP contribution in [-0.4, -0.2) is 5.11 Å². The summed E-state index contributed by atoms with van der Waals surface area (Å²) in [6.07, 6.45) is 0. The molecule has 0 aromatic heterocycles. The minimum Gasteiger partial charge on any atom is -0.457 e. The summed E-state index contributed by atoms with van der Waals surface area (Å²) < 4.78 is 18.9. The standard InChI is InChI=1S/C15H15FO2/c1-10-3-4-15(11(2)5-10)18-14-7-12(9-17)6-13(16)8-14/h3-8,17H,9H2,1-2H3. The second kappa shape index (κ2) is 5.19. The molecular weight excluding hydrogens is 231 g/mol. The zero-order chi connectivity index (χ0) is 13.1. The number of ether oxygens (including phenoxy) is 1. The summed E-state index contributed by atoms with van der Waals surface area (Å²) in [5.74, 6) is 0.669. The quantitative estimate of drug-likeness (QED) is 0.894. The van der Waals surface area contributed by atoms with Crippen molar-refractivity contribution in [3.63, 3.8) is 0 Å². The average Bonchev–Trinajstić information content (AvgIpc) is 2.32. The van der Waals surface area contributed by atoms with E-state index in [1.807, 2.05) is 32.0 Å². The predicted octanol–water partition coefficient (Wildman–Crippen LogP) is 3.73. The molecule has 0 aliphatic rings. The minimum atomic E-state index is -0.415. The number of aliphatic hydroxyl groups excluding tert-OH is 1. The van der Waals surface area contributed by atoms with Crippen molar-refractivity contribution in [3.05, 3.63) is 58.9 Å². The van der Waals surface area contributed by atoms with Crippen molar-refractivity contribution in [2.75, 3.05) is 0 Å². The molecule has 0 bridgehead atoms. The Bertz CT molecular complexity index is 564. The molecule has 1 N–H and O–H groups in total. The molecule has 0 atom stereocenters. The maximum absolute atomic E-state index is 13.3. The normalized spacial score (nSPS) is 10.4. The molecule has 0 saturated carbocycles. The molecule has 0 aliphatic heterocycles. The Morgan fingerprint density at radius 2 is 1.89 bits per heavy atom. The van der Waals surface area contributed by atoms with Crippen LogP contribution in [0.2, 0.25) is 0 Å². The van der Waals surface area contributed by atoms with E-state index in [1.54, 1.807) is 6.07 Å². The van der Waals surface area contributed by atoms with Crippen LogP contribution in [0.15, 0.2) is 36.4 Å². The van der Waals surface area contributed by atoms with Gasteiger partial charge in [-0.1, -0.05) is 17.7 Å². The highest BCUT2D eigenvalue weighted by Gasteiger charge is 2.05. The number of rotatable bonds is 3. The van der Waals surface area contributed by atoms with Crippen molar-refractivity contribution in [1.82, 2.24) is 0 Å². The lowest BCUT2D eigenvalue weighted by molar-refractivity contribution is 0.280. The van der Waals surface area contributed by atoms with Gasteiger partial charge in [0.05, 0.1) is 6.61 Å². The van der Waals surface area contributed by atoms with E-state index in [4.69, 9.17) is 9.84 Å². The van der Waals surface area contributed by atoms with E-state index in [9.17, 15) is 4.39 Å². The SMILES string of the molecule is Cc1ccc(Oc2cc(F)cc(CO)c2)c(C)c1. The Kier molecular flexibility index (Phi) is 3.63. The van der Waals surface area contributed by atoms with Crippen molar-refractivity contribution < 1.29 is 14.2 Å². The first-order valence-corrected chi connectivity index (χ1v) is 5.74. The highest BCUT2D eigenvalue weighted by atomic mass is 19.1. The smallest absolute Gasteiger partial charge is 0.130 e. The minimum absolute atomic E-state index is 0.207. The van der Waals surface area contributed by atoms with Gasteiger partial charge >= 0.3 is 0 Å². The Balaban J connectivity index is 2.30. The largest absolute Gasteiger partial charge is 0.457 e. The fourth-order valence-electron chi connectivity index (χ4n) is 1.81. The van der Waals surface area contributed by atoms with Crippen LogP contribution in [0.1, 0.15) is 16.7 Å². The van der Waals surface area contributed by atoms with Gasteiger partial charge in [0.15, 0.2) is 0 Å². The van der Waals surface area contributed by atoms with Crippen LogP contribution in [-0.2, 0) is 6.61 Å². The van der Waals surface area contributed by atoms with Crippen LogP contribution >= 0.6 is 0 Å². The molecule has 0 heterocycles. The Hall–Kier alpha value is -1.87. The first kappa shape index (κ1) is 12.6. The van der Waals surface area contributed by atoms with Crippen molar-refractivity contribution in [3.8, 4) is 11.5 Å². The van der Waals surface area contributed by atoms with E-state index >= 15 is 0 Å². The summed E-state index contributed by atoms with van der Waals surface area (Å²) in [4.78, 5) is 0. The fourth-order valence-corrected chi connectivity index (χ4v) is 1.81. The van der Waals surface area contributed by atoms with Gasteiger partial charge in [0.1, 0.15) is 17.3 Å². The maximum Gasteiger partial charge on any atom is 0.130 e. The highest BCUT2D eigenvalue weighted by molar-refractivity contribution is 5.40. The molecule has 0 amide bonds. The van der Waals surface area contributed by atoms with Gasteiger partial charge in [-0.3, -0.25) is 0 Å². The molecule has 0 spiro atoms. The fraction of sp³-hybridized carbons (Fsp3) is 0.200. The molecule has 3 heteroatoms.